The minimum atomic E-state index is 0.191. The third-order valence-corrected chi connectivity index (χ3v) is 3.55. The lowest BCUT2D eigenvalue weighted by molar-refractivity contribution is 0.0991. The molecule has 1 fully saturated rings. The number of carbonyl (C=O) groups is 1. The standard InChI is InChI=1S/C15H18N2O/c1-9-3-6-13-12(7-9)15(10(2)17-13)14(18)8-16-11-4-5-11/h3,6-7,11,16-17H,4-5,8H2,1-2H3. The lowest BCUT2D eigenvalue weighted by atomic mass is 10.0. The van der Waals surface area contributed by atoms with E-state index in [1.165, 1.54) is 18.4 Å². The van der Waals surface area contributed by atoms with Crippen LogP contribution in [0.4, 0.5) is 0 Å². The monoisotopic (exact) mass is 242 g/mol. The summed E-state index contributed by atoms with van der Waals surface area (Å²) in [6.07, 6.45) is 2.42. The third kappa shape index (κ3) is 2.06. The first kappa shape index (κ1) is 11.5. The van der Waals surface area contributed by atoms with Crippen molar-refractivity contribution >= 4 is 16.7 Å². The summed E-state index contributed by atoms with van der Waals surface area (Å²) in [5, 5.41) is 4.34. The van der Waals surface area contributed by atoms with Gasteiger partial charge in [0.05, 0.1) is 6.54 Å². The van der Waals surface area contributed by atoms with Gasteiger partial charge in [0, 0.05) is 28.2 Å². The van der Waals surface area contributed by atoms with Crippen LogP contribution in [0.2, 0.25) is 0 Å². The number of hydrogen-bond acceptors (Lipinski definition) is 2. The van der Waals surface area contributed by atoms with Crippen LogP contribution in [0.5, 0.6) is 0 Å². The van der Waals surface area contributed by atoms with E-state index in [4.69, 9.17) is 0 Å². The molecule has 1 aromatic carbocycles. The minimum Gasteiger partial charge on any atom is -0.358 e. The molecule has 0 saturated heterocycles. The highest BCUT2D eigenvalue weighted by Crippen LogP contribution is 2.24. The first-order valence-corrected chi connectivity index (χ1v) is 6.50. The number of ketones is 1. The molecule has 0 aliphatic heterocycles. The predicted molar refractivity (Wildman–Crippen MR) is 73.1 cm³/mol. The Morgan fingerprint density at radius 1 is 1.39 bits per heavy atom. The third-order valence-electron chi connectivity index (χ3n) is 3.55. The zero-order chi connectivity index (χ0) is 12.7. The van der Waals surface area contributed by atoms with Gasteiger partial charge < -0.3 is 10.3 Å². The van der Waals surface area contributed by atoms with Crippen molar-refractivity contribution in [3.05, 3.63) is 35.0 Å². The molecule has 0 unspecified atom stereocenters. The summed E-state index contributed by atoms with van der Waals surface area (Å²) in [5.41, 5.74) is 4.05. The quantitative estimate of drug-likeness (QED) is 0.810. The molecular formula is C15H18N2O. The van der Waals surface area contributed by atoms with E-state index in [-0.39, 0.29) is 5.78 Å². The molecule has 0 amide bonds. The molecule has 18 heavy (non-hydrogen) atoms. The van der Waals surface area contributed by atoms with Gasteiger partial charge in [0.15, 0.2) is 5.78 Å². The van der Waals surface area contributed by atoms with Crippen molar-refractivity contribution in [2.75, 3.05) is 6.54 Å². The van der Waals surface area contributed by atoms with Crippen molar-refractivity contribution in [1.82, 2.24) is 10.3 Å². The Kier molecular flexibility index (Phi) is 2.71. The molecule has 3 nitrogen and oxygen atoms in total. The fraction of sp³-hybridized carbons (Fsp3) is 0.400. The van der Waals surface area contributed by atoms with Gasteiger partial charge in [-0.3, -0.25) is 4.79 Å². The maximum Gasteiger partial charge on any atom is 0.179 e. The fourth-order valence-electron chi connectivity index (χ4n) is 2.41. The van der Waals surface area contributed by atoms with E-state index < -0.39 is 0 Å². The second kappa shape index (κ2) is 4.25. The van der Waals surface area contributed by atoms with Gasteiger partial charge in [-0.25, -0.2) is 0 Å². The minimum absolute atomic E-state index is 0.191. The highest BCUT2D eigenvalue weighted by molar-refractivity contribution is 6.10. The van der Waals surface area contributed by atoms with E-state index in [1.54, 1.807) is 0 Å². The van der Waals surface area contributed by atoms with Crippen molar-refractivity contribution in [1.29, 1.82) is 0 Å². The molecule has 1 aliphatic rings. The van der Waals surface area contributed by atoms with Crippen molar-refractivity contribution in [3.8, 4) is 0 Å². The van der Waals surface area contributed by atoms with Gasteiger partial charge in [-0.15, -0.1) is 0 Å². The maximum atomic E-state index is 12.3. The van der Waals surface area contributed by atoms with Gasteiger partial charge in [-0.2, -0.15) is 0 Å². The van der Waals surface area contributed by atoms with E-state index in [9.17, 15) is 4.79 Å². The van der Waals surface area contributed by atoms with Gasteiger partial charge in [0.1, 0.15) is 0 Å². The van der Waals surface area contributed by atoms with Gasteiger partial charge in [0.2, 0.25) is 0 Å². The van der Waals surface area contributed by atoms with E-state index in [1.807, 2.05) is 13.0 Å². The lowest BCUT2D eigenvalue weighted by Crippen LogP contribution is -2.25. The summed E-state index contributed by atoms with van der Waals surface area (Å²) < 4.78 is 0. The van der Waals surface area contributed by atoms with Crippen LogP contribution in [0.15, 0.2) is 18.2 Å². The molecule has 3 heteroatoms. The van der Waals surface area contributed by atoms with Crippen molar-refractivity contribution in [2.24, 2.45) is 0 Å². The molecule has 1 aromatic heterocycles. The summed E-state index contributed by atoms with van der Waals surface area (Å²) >= 11 is 0. The van der Waals surface area contributed by atoms with Crippen LogP contribution in [-0.4, -0.2) is 23.4 Å². The number of aryl methyl sites for hydroxylation is 2. The van der Waals surface area contributed by atoms with Gasteiger partial charge in [-0.1, -0.05) is 11.6 Å². The highest BCUT2D eigenvalue weighted by atomic mass is 16.1. The Labute approximate surface area is 107 Å². The normalized spacial score (nSPS) is 15.2. The van der Waals surface area contributed by atoms with Crippen LogP contribution >= 0.6 is 0 Å². The molecule has 94 valence electrons. The molecule has 1 aliphatic carbocycles. The van der Waals surface area contributed by atoms with Crippen molar-refractivity contribution in [2.45, 2.75) is 32.7 Å². The summed E-state index contributed by atoms with van der Waals surface area (Å²) in [4.78, 5) is 15.6. The van der Waals surface area contributed by atoms with Crippen molar-refractivity contribution < 1.29 is 4.79 Å². The number of nitrogens with one attached hydrogen (secondary N) is 2. The summed E-state index contributed by atoms with van der Waals surface area (Å²) in [6.45, 7) is 4.48. The number of rotatable bonds is 4. The zero-order valence-corrected chi connectivity index (χ0v) is 10.8. The fourth-order valence-corrected chi connectivity index (χ4v) is 2.41. The Balaban J connectivity index is 1.95. The number of H-pyrrole nitrogens is 1. The Morgan fingerprint density at radius 3 is 2.89 bits per heavy atom. The zero-order valence-electron chi connectivity index (χ0n) is 10.8. The van der Waals surface area contributed by atoms with Crippen LogP contribution in [0.3, 0.4) is 0 Å². The second-order valence-electron chi connectivity index (χ2n) is 5.25. The van der Waals surface area contributed by atoms with Crippen LogP contribution in [0.1, 0.15) is 34.5 Å². The average molecular weight is 242 g/mol. The van der Waals surface area contributed by atoms with Crippen LogP contribution in [0.25, 0.3) is 10.9 Å². The topological polar surface area (TPSA) is 44.9 Å². The Bertz CT molecular complexity index is 608. The average Bonchev–Trinajstić information content (AvgIpc) is 3.09. The lowest BCUT2D eigenvalue weighted by Gasteiger charge is -2.03. The molecule has 1 saturated carbocycles. The van der Waals surface area contributed by atoms with E-state index >= 15 is 0 Å². The highest BCUT2D eigenvalue weighted by Gasteiger charge is 2.23. The molecule has 1 heterocycles. The van der Waals surface area contributed by atoms with E-state index in [2.05, 4.69) is 29.4 Å². The predicted octanol–water partition coefficient (Wildman–Crippen LogP) is 2.72. The van der Waals surface area contributed by atoms with E-state index in [0.29, 0.717) is 12.6 Å². The molecule has 0 atom stereocenters. The SMILES string of the molecule is Cc1ccc2[nH]c(C)c(C(=O)CNC3CC3)c2c1. The van der Waals surface area contributed by atoms with Crippen LogP contribution in [-0.2, 0) is 0 Å². The number of aromatic amines is 1. The van der Waals surface area contributed by atoms with Gasteiger partial charge in [-0.05, 0) is 38.8 Å². The molecule has 0 spiro atoms. The smallest absolute Gasteiger partial charge is 0.179 e. The summed E-state index contributed by atoms with van der Waals surface area (Å²) in [7, 11) is 0. The van der Waals surface area contributed by atoms with Gasteiger partial charge in [0.25, 0.3) is 0 Å². The summed E-state index contributed by atoms with van der Waals surface area (Å²) in [5.74, 6) is 0.191. The molecule has 2 aromatic rings. The second-order valence-corrected chi connectivity index (χ2v) is 5.25. The first-order chi connectivity index (χ1) is 8.65. The van der Waals surface area contributed by atoms with Crippen LogP contribution < -0.4 is 5.32 Å². The number of fused-ring (bicyclic) bond motifs is 1. The Hall–Kier alpha value is -1.61. The molecule has 2 N–H and O–H groups in total. The molecular weight excluding hydrogens is 224 g/mol. The number of aromatic nitrogens is 1. The van der Waals surface area contributed by atoms with Crippen LogP contribution in [0, 0.1) is 13.8 Å². The molecule has 3 rings (SSSR count). The summed E-state index contributed by atoms with van der Waals surface area (Å²) in [6, 6.07) is 6.77. The molecule has 0 radical (unpaired) electrons. The van der Waals surface area contributed by atoms with E-state index in [0.717, 1.165) is 22.2 Å². The maximum absolute atomic E-state index is 12.3. The number of benzene rings is 1. The number of hydrogen-bond donors (Lipinski definition) is 2. The number of Topliss-reactive ketones (excluding diaryl/α,β-unsaturated/α-hetero) is 1. The van der Waals surface area contributed by atoms with Crippen molar-refractivity contribution in [3.63, 3.8) is 0 Å². The van der Waals surface area contributed by atoms with Gasteiger partial charge >= 0.3 is 0 Å². The first-order valence-electron chi connectivity index (χ1n) is 6.50. The molecule has 0 bridgehead atoms. The Morgan fingerprint density at radius 2 is 2.17 bits per heavy atom. The number of carbonyl (C=O) groups excluding carboxylic acids is 1. The largest absolute Gasteiger partial charge is 0.358 e.